The molecule has 182 valence electrons. The van der Waals surface area contributed by atoms with Crippen LogP contribution in [0.5, 0.6) is 0 Å². The van der Waals surface area contributed by atoms with Crippen LogP contribution in [0.2, 0.25) is 0 Å². The fraction of sp³-hybridized carbons (Fsp3) is 0.296. The summed E-state index contributed by atoms with van der Waals surface area (Å²) < 4.78 is 26.9. The number of nitrogens with zero attached hydrogens (tertiary/aromatic N) is 2. The topological polar surface area (TPSA) is 79.8 Å². The number of thioether (sulfide) groups is 1. The normalized spacial score (nSPS) is 15.9. The number of rotatable bonds is 5. The molecule has 4 rings (SSSR count). The number of halogens is 2. The van der Waals surface area contributed by atoms with Crippen LogP contribution in [0, 0.1) is 11.6 Å². The third-order valence-corrected chi connectivity index (χ3v) is 6.74. The SMILES string of the molecule is CC/C=C(\SC)C1=NC2=C(CCCc3cc(N)ccc32)N=C(NC(=O)Cc2ccc(F)c(F)c2)C1. The number of hydrogen-bond donors (Lipinski definition) is 2. The van der Waals surface area contributed by atoms with Gasteiger partial charge in [0.2, 0.25) is 5.91 Å². The van der Waals surface area contributed by atoms with Crippen LogP contribution in [0.1, 0.15) is 49.3 Å². The van der Waals surface area contributed by atoms with Crippen LogP contribution in [-0.4, -0.2) is 23.7 Å². The second kappa shape index (κ2) is 11.0. The van der Waals surface area contributed by atoms with Crippen molar-refractivity contribution in [2.24, 2.45) is 9.98 Å². The third kappa shape index (κ3) is 5.88. The van der Waals surface area contributed by atoms with Crippen molar-refractivity contribution in [1.82, 2.24) is 5.32 Å². The van der Waals surface area contributed by atoms with E-state index in [1.165, 1.54) is 6.07 Å². The number of amidine groups is 1. The molecule has 0 unspecified atom stereocenters. The molecule has 35 heavy (non-hydrogen) atoms. The zero-order chi connectivity index (χ0) is 24.9. The van der Waals surface area contributed by atoms with Gasteiger partial charge in [-0.1, -0.05) is 25.1 Å². The number of aryl methyl sites for hydroxylation is 1. The smallest absolute Gasteiger partial charge is 0.229 e. The maximum atomic E-state index is 13.6. The van der Waals surface area contributed by atoms with Gasteiger partial charge in [0.15, 0.2) is 11.6 Å². The first kappa shape index (κ1) is 24.9. The molecule has 2 aliphatic rings. The minimum absolute atomic E-state index is 0.0864. The van der Waals surface area contributed by atoms with E-state index in [1.807, 2.05) is 24.5 Å². The molecule has 0 saturated heterocycles. The summed E-state index contributed by atoms with van der Waals surface area (Å²) in [6.07, 6.45) is 7.72. The van der Waals surface area contributed by atoms with Crippen molar-refractivity contribution in [1.29, 1.82) is 0 Å². The summed E-state index contributed by atoms with van der Waals surface area (Å²) >= 11 is 1.61. The predicted molar refractivity (Wildman–Crippen MR) is 140 cm³/mol. The molecule has 1 amide bonds. The molecule has 0 radical (unpaired) electrons. The number of aliphatic imine (C=N–C) groups is 2. The minimum Gasteiger partial charge on any atom is -0.399 e. The molecule has 0 saturated carbocycles. The Labute approximate surface area is 208 Å². The van der Waals surface area contributed by atoms with Gasteiger partial charge in [-0.15, -0.1) is 11.8 Å². The van der Waals surface area contributed by atoms with Gasteiger partial charge in [-0.25, -0.2) is 18.8 Å². The van der Waals surface area contributed by atoms with Crippen molar-refractivity contribution in [3.8, 4) is 0 Å². The van der Waals surface area contributed by atoms with Crippen molar-refractivity contribution in [3.05, 3.63) is 81.4 Å². The fourth-order valence-electron chi connectivity index (χ4n) is 4.30. The summed E-state index contributed by atoms with van der Waals surface area (Å²) in [5.41, 5.74) is 11.8. The monoisotopic (exact) mass is 494 g/mol. The summed E-state index contributed by atoms with van der Waals surface area (Å²) in [4.78, 5) is 23.8. The lowest BCUT2D eigenvalue weighted by Crippen LogP contribution is -2.33. The number of carbonyl (C=O) groups excluding carboxylic acids is 1. The maximum Gasteiger partial charge on any atom is 0.229 e. The Hall–Kier alpha value is -3.26. The Morgan fingerprint density at radius 3 is 2.71 bits per heavy atom. The van der Waals surface area contributed by atoms with Gasteiger partial charge in [0.05, 0.1) is 23.5 Å². The second-order valence-electron chi connectivity index (χ2n) is 8.51. The Morgan fingerprint density at radius 2 is 1.97 bits per heavy atom. The maximum absolute atomic E-state index is 13.6. The summed E-state index contributed by atoms with van der Waals surface area (Å²) in [7, 11) is 0. The van der Waals surface area contributed by atoms with Gasteiger partial charge in [-0.2, -0.15) is 0 Å². The summed E-state index contributed by atoms with van der Waals surface area (Å²) in [5.74, 6) is -1.76. The molecule has 5 nitrogen and oxygen atoms in total. The third-order valence-electron chi connectivity index (χ3n) is 5.90. The van der Waals surface area contributed by atoms with E-state index in [0.29, 0.717) is 17.8 Å². The van der Waals surface area contributed by atoms with Crippen molar-refractivity contribution < 1.29 is 13.6 Å². The van der Waals surface area contributed by atoms with E-state index in [1.54, 1.807) is 11.8 Å². The average molecular weight is 495 g/mol. The fourth-order valence-corrected chi connectivity index (χ4v) is 4.99. The van der Waals surface area contributed by atoms with Gasteiger partial charge >= 0.3 is 0 Å². The van der Waals surface area contributed by atoms with Gasteiger partial charge in [0.25, 0.3) is 0 Å². The van der Waals surface area contributed by atoms with Crippen LogP contribution < -0.4 is 11.1 Å². The molecule has 2 aromatic carbocycles. The molecule has 0 fully saturated rings. The zero-order valence-electron chi connectivity index (χ0n) is 19.8. The largest absolute Gasteiger partial charge is 0.399 e. The highest BCUT2D eigenvalue weighted by Crippen LogP contribution is 2.36. The number of hydrogen-bond acceptors (Lipinski definition) is 5. The van der Waals surface area contributed by atoms with Crippen LogP contribution in [0.15, 0.2) is 63.1 Å². The van der Waals surface area contributed by atoms with E-state index < -0.39 is 11.6 Å². The first-order valence-corrected chi connectivity index (χ1v) is 12.9. The number of amides is 1. The number of carbonyl (C=O) groups is 1. The number of nitrogens with one attached hydrogen (secondary N) is 1. The van der Waals surface area contributed by atoms with Gasteiger partial charge in [-0.05, 0) is 67.3 Å². The number of anilines is 1. The van der Waals surface area contributed by atoms with Gasteiger partial charge < -0.3 is 11.1 Å². The Kier molecular flexibility index (Phi) is 7.80. The minimum atomic E-state index is -0.974. The summed E-state index contributed by atoms with van der Waals surface area (Å²) in [6, 6.07) is 9.35. The van der Waals surface area contributed by atoms with Crippen LogP contribution in [-0.2, 0) is 17.6 Å². The molecule has 1 heterocycles. The molecule has 0 spiro atoms. The van der Waals surface area contributed by atoms with Gasteiger partial charge in [0, 0.05) is 22.6 Å². The highest BCUT2D eigenvalue weighted by molar-refractivity contribution is 8.03. The molecule has 0 bridgehead atoms. The lowest BCUT2D eigenvalue weighted by atomic mass is 10.0. The van der Waals surface area contributed by atoms with Crippen molar-refractivity contribution in [2.75, 3.05) is 12.0 Å². The van der Waals surface area contributed by atoms with E-state index in [2.05, 4.69) is 18.3 Å². The van der Waals surface area contributed by atoms with Gasteiger partial charge in [-0.3, -0.25) is 4.79 Å². The van der Waals surface area contributed by atoms with Crippen LogP contribution in [0.25, 0.3) is 5.70 Å². The Balaban J connectivity index is 1.71. The first-order chi connectivity index (χ1) is 16.9. The Bertz CT molecular complexity index is 1280. The molecule has 0 aromatic heterocycles. The lowest BCUT2D eigenvalue weighted by Gasteiger charge is -2.12. The Morgan fingerprint density at radius 1 is 1.14 bits per heavy atom. The van der Waals surface area contributed by atoms with E-state index in [-0.39, 0.29) is 12.3 Å². The molecule has 3 N–H and O–H groups in total. The molecular weight excluding hydrogens is 466 g/mol. The van der Waals surface area contributed by atoms with E-state index >= 15 is 0 Å². The number of nitrogens with two attached hydrogens (primary N) is 1. The highest BCUT2D eigenvalue weighted by Gasteiger charge is 2.24. The van der Waals surface area contributed by atoms with Crippen molar-refractivity contribution in [3.63, 3.8) is 0 Å². The zero-order valence-corrected chi connectivity index (χ0v) is 20.6. The van der Waals surface area contributed by atoms with Crippen molar-refractivity contribution in [2.45, 2.75) is 45.4 Å². The summed E-state index contributed by atoms with van der Waals surface area (Å²) in [6.45, 7) is 2.07. The molecular formula is C27H28F2N4OS. The molecule has 8 heteroatoms. The van der Waals surface area contributed by atoms with Crippen molar-refractivity contribution >= 4 is 40.6 Å². The number of benzene rings is 2. The van der Waals surface area contributed by atoms with Crippen LogP contribution in [0.3, 0.4) is 0 Å². The van der Waals surface area contributed by atoms with E-state index in [0.717, 1.165) is 76.6 Å². The highest BCUT2D eigenvalue weighted by atomic mass is 32.2. The van der Waals surface area contributed by atoms with Gasteiger partial charge in [0.1, 0.15) is 5.84 Å². The quantitative estimate of drug-likeness (QED) is 0.515. The molecule has 1 aliphatic heterocycles. The van der Waals surface area contributed by atoms with Crippen LogP contribution >= 0.6 is 11.8 Å². The number of nitrogen functional groups attached to an aromatic ring is 1. The van der Waals surface area contributed by atoms with E-state index in [9.17, 15) is 13.6 Å². The van der Waals surface area contributed by atoms with E-state index in [4.69, 9.17) is 15.7 Å². The lowest BCUT2D eigenvalue weighted by molar-refractivity contribution is -0.119. The average Bonchev–Trinajstić information content (AvgIpc) is 3.09. The first-order valence-electron chi connectivity index (χ1n) is 11.6. The number of fused-ring (bicyclic) bond motifs is 2. The molecule has 2 aromatic rings. The second-order valence-corrected chi connectivity index (χ2v) is 9.36. The predicted octanol–water partition coefficient (Wildman–Crippen LogP) is 5.81. The number of allylic oxidation sites excluding steroid dienone is 3. The van der Waals surface area contributed by atoms with Crippen LogP contribution in [0.4, 0.5) is 14.5 Å². The summed E-state index contributed by atoms with van der Waals surface area (Å²) in [5, 5.41) is 2.90. The standard InChI is InChI=1S/C27H28F2N4OS/c1-3-5-24(35-2)23-15-25(33-26(34)13-16-8-11-20(28)21(29)12-16)31-22-7-4-6-17-14-18(30)9-10-19(17)27(22)32-23/h5,8-12,14H,3-4,6-7,13,15,30H2,1-2H3,(H,31,33,34)/b24-5-. The molecule has 0 atom stereocenters. The molecule has 1 aliphatic carbocycles.